The first kappa shape index (κ1) is 12.7. The lowest BCUT2D eigenvalue weighted by Gasteiger charge is -2.24. The predicted octanol–water partition coefficient (Wildman–Crippen LogP) is 4.07. The van der Waals surface area contributed by atoms with Crippen molar-refractivity contribution in [1.82, 2.24) is 0 Å². The fraction of sp³-hybridized carbons (Fsp3) is 0.462. The smallest absolute Gasteiger partial charge is 0.0640 e. The van der Waals surface area contributed by atoms with Gasteiger partial charge in [-0.1, -0.05) is 22.0 Å². The number of rotatable bonds is 5. The summed E-state index contributed by atoms with van der Waals surface area (Å²) in [6, 6.07) is 9.09. The van der Waals surface area contributed by atoms with Crippen LogP contribution in [0.4, 0.5) is 5.69 Å². The molecule has 0 spiro atoms. The Balaban J connectivity index is 2.18. The van der Waals surface area contributed by atoms with E-state index >= 15 is 0 Å². The number of halogens is 2. The Hall–Kier alpha value is -0.720. The summed E-state index contributed by atoms with van der Waals surface area (Å²) in [6.45, 7) is 0.813. The molecule has 0 unspecified atom stereocenters. The van der Waals surface area contributed by atoms with E-state index in [1.54, 1.807) is 0 Å². The van der Waals surface area contributed by atoms with Crippen LogP contribution in [0.3, 0.4) is 0 Å². The first-order valence-corrected chi connectivity index (χ1v) is 7.07. The minimum absolute atomic E-state index is 0.516. The van der Waals surface area contributed by atoms with Crippen LogP contribution in [0.5, 0.6) is 0 Å². The van der Waals surface area contributed by atoms with Crippen LogP contribution in [0, 0.1) is 11.3 Å². The van der Waals surface area contributed by atoms with Crippen LogP contribution in [0.1, 0.15) is 24.8 Å². The largest absolute Gasteiger partial charge is 0.367 e. The first-order chi connectivity index (χ1) is 8.26. The standard InChI is InChI=1S/C13H14BrClN2/c14-13-8-12(3-2-10(13)9-15)17(7-1-6-16)11-4-5-11/h2-3,8,11H,1,4-5,7,9H2. The van der Waals surface area contributed by atoms with Gasteiger partial charge in [-0.25, -0.2) is 0 Å². The molecule has 2 rings (SSSR count). The molecule has 0 radical (unpaired) electrons. The first-order valence-electron chi connectivity index (χ1n) is 5.74. The minimum atomic E-state index is 0.516. The molecule has 4 heteroatoms. The summed E-state index contributed by atoms with van der Waals surface area (Å²) in [5.74, 6) is 0.516. The molecule has 0 amide bonds. The lowest BCUT2D eigenvalue weighted by molar-refractivity contribution is 0.792. The number of nitrogens with zero attached hydrogens (tertiary/aromatic N) is 2. The quantitative estimate of drug-likeness (QED) is 0.766. The lowest BCUT2D eigenvalue weighted by atomic mass is 10.2. The molecule has 0 N–H and O–H groups in total. The van der Waals surface area contributed by atoms with Crippen molar-refractivity contribution in [2.75, 3.05) is 11.4 Å². The Bertz CT molecular complexity index is 438. The number of nitriles is 1. The molecule has 1 aromatic carbocycles. The SMILES string of the molecule is N#CCCN(c1ccc(CCl)c(Br)c1)C1CC1. The molecule has 0 aliphatic heterocycles. The highest BCUT2D eigenvalue weighted by Gasteiger charge is 2.29. The van der Waals surface area contributed by atoms with Crippen LogP contribution < -0.4 is 4.90 Å². The van der Waals surface area contributed by atoms with Gasteiger partial charge in [0.1, 0.15) is 0 Å². The van der Waals surface area contributed by atoms with Crippen molar-refractivity contribution in [3.05, 3.63) is 28.2 Å². The van der Waals surface area contributed by atoms with Gasteiger partial charge in [0.25, 0.3) is 0 Å². The Labute approximate surface area is 115 Å². The van der Waals surface area contributed by atoms with Gasteiger partial charge < -0.3 is 4.90 Å². The second-order valence-corrected chi connectivity index (χ2v) is 5.36. The molecular weight excluding hydrogens is 300 g/mol. The number of benzene rings is 1. The van der Waals surface area contributed by atoms with E-state index in [9.17, 15) is 0 Å². The zero-order valence-corrected chi connectivity index (χ0v) is 11.8. The van der Waals surface area contributed by atoms with Gasteiger partial charge in [0.05, 0.1) is 12.5 Å². The maximum atomic E-state index is 8.70. The van der Waals surface area contributed by atoms with E-state index < -0.39 is 0 Å². The van der Waals surface area contributed by atoms with E-state index in [1.165, 1.54) is 18.5 Å². The monoisotopic (exact) mass is 312 g/mol. The second-order valence-electron chi connectivity index (χ2n) is 4.24. The molecule has 90 valence electrons. The number of anilines is 1. The zero-order valence-electron chi connectivity index (χ0n) is 9.50. The second kappa shape index (κ2) is 5.75. The highest BCUT2D eigenvalue weighted by molar-refractivity contribution is 9.10. The Morgan fingerprint density at radius 3 is 2.76 bits per heavy atom. The third-order valence-electron chi connectivity index (χ3n) is 2.96. The number of hydrogen-bond acceptors (Lipinski definition) is 2. The fourth-order valence-corrected chi connectivity index (χ4v) is 2.80. The van der Waals surface area contributed by atoms with Crippen molar-refractivity contribution in [3.63, 3.8) is 0 Å². The lowest BCUT2D eigenvalue weighted by Crippen LogP contribution is -2.26. The summed E-state index contributed by atoms with van der Waals surface area (Å²) < 4.78 is 1.05. The summed E-state index contributed by atoms with van der Waals surface area (Å²) in [4.78, 5) is 2.33. The van der Waals surface area contributed by atoms with Crippen LogP contribution in [-0.4, -0.2) is 12.6 Å². The van der Waals surface area contributed by atoms with E-state index in [2.05, 4.69) is 39.0 Å². The normalized spacial score (nSPS) is 14.4. The minimum Gasteiger partial charge on any atom is -0.367 e. The van der Waals surface area contributed by atoms with Gasteiger partial charge in [-0.2, -0.15) is 5.26 Å². The number of alkyl halides is 1. The highest BCUT2D eigenvalue weighted by atomic mass is 79.9. The topological polar surface area (TPSA) is 27.0 Å². The Morgan fingerprint density at radius 2 is 2.24 bits per heavy atom. The van der Waals surface area contributed by atoms with Gasteiger partial charge in [0.2, 0.25) is 0 Å². The van der Waals surface area contributed by atoms with E-state index in [4.69, 9.17) is 16.9 Å². The van der Waals surface area contributed by atoms with Crippen molar-refractivity contribution >= 4 is 33.2 Å². The van der Waals surface area contributed by atoms with Gasteiger partial charge in [0.15, 0.2) is 0 Å². The molecule has 1 aliphatic carbocycles. The van der Waals surface area contributed by atoms with Crippen LogP contribution in [0.15, 0.2) is 22.7 Å². The van der Waals surface area contributed by atoms with E-state index in [1.807, 2.05) is 6.07 Å². The molecule has 0 saturated heterocycles. The fourth-order valence-electron chi connectivity index (χ4n) is 1.90. The van der Waals surface area contributed by atoms with E-state index in [-0.39, 0.29) is 0 Å². The maximum absolute atomic E-state index is 8.70. The molecule has 0 bridgehead atoms. The predicted molar refractivity (Wildman–Crippen MR) is 74.3 cm³/mol. The average Bonchev–Trinajstić information content (AvgIpc) is 3.14. The molecule has 2 nitrogen and oxygen atoms in total. The molecule has 1 fully saturated rings. The summed E-state index contributed by atoms with van der Waals surface area (Å²) in [6.07, 6.45) is 3.05. The highest BCUT2D eigenvalue weighted by Crippen LogP contribution is 2.34. The summed E-state index contributed by atoms with van der Waals surface area (Å²) in [5.41, 5.74) is 2.29. The van der Waals surface area contributed by atoms with Crippen LogP contribution in [-0.2, 0) is 5.88 Å². The van der Waals surface area contributed by atoms with Gasteiger partial charge in [0, 0.05) is 28.6 Å². The Morgan fingerprint density at radius 1 is 1.47 bits per heavy atom. The van der Waals surface area contributed by atoms with Gasteiger partial charge in [-0.05, 0) is 30.5 Å². The van der Waals surface area contributed by atoms with Crippen LogP contribution in [0.25, 0.3) is 0 Å². The molecule has 1 saturated carbocycles. The summed E-state index contributed by atoms with van der Waals surface area (Å²) >= 11 is 9.37. The molecule has 1 aromatic rings. The molecule has 0 aromatic heterocycles. The van der Waals surface area contributed by atoms with Gasteiger partial charge >= 0.3 is 0 Å². The van der Waals surface area contributed by atoms with Crippen molar-refractivity contribution in [2.45, 2.75) is 31.2 Å². The van der Waals surface area contributed by atoms with Crippen LogP contribution >= 0.6 is 27.5 Å². The average molecular weight is 314 g/mol. The maximum Gasteiger partial charge on any atom is 0.0640 e. The van der Waals surface area contributed by atoms with Crippen molar-refractivity contribution in [2.24, 2.45) is 0 Å². The van der Waals surface area contributed by atoms with E-state index in [0.29, 0.717) is 18.3 Å². The molecule has 0 atom stereocenters. The molecule has 0 heterocycles. The van der Waals surface area contributed by atoms with Crippen molar-refractivity contribution < 1.29 is 0 Å². The van der Waals surface area contributed by atoms with Gasteiger partial charge in [-0.15, -0.1) is 11.6 Å². The van der Waals surface area contributed by atoms with Crippen molar-refractivity contribution in [3.8, 4) is 6.07 Å². The third-order valence-corrected chi connectivity index (χ3v) is 3.99. The molecular formula is C13H14BrClN2. The zero-order chi connectivity index (χ0) is 12.3. The van der Waals surface area contributed by atoms with E-state index in [0.717, 1.165) is 16.6 Å². The number of hydrogen-bond donors (Lipinski definition) is 0. The Kier molecular flexibility index (Phi) is 4.31. The summed E-state index contributed by atoms with van der Waals surface area (Å²) in [7, 11) is 0. The van der Waals surface area contributed by atoms with Crippen molar-refractivity contribution in [1.29, 1.82) is 5.26 Å². The molecule has 1 aliphatic rings. The summed E-state index contributed by atoms with van der Waals surface area (Å²) in [5, 5.41) is 8.70. The van der Waals surface area contributed by atoms with Crippen LogP contribution in [0.2, 0.25) is 0 Å². The molecule has 17 heavy (non-hydrogen) atoms. The third kappa shape index (κ3) is 3.14. The van der Waals surface area contributed by atoms with Gasteiger partial charge in [-0.3, -0.25) is 0 Å².